The highest BCUT2D eigenvalue weighted by Gasteiger charge is 2.39. The van der Waals surface area contributed by atoms with Gasteiger partial charge in [0.25, 0.3) is 0 Å². The van der Waals surface area contributed by atoms with Gasteiger partial charge in [0.1, 0.15) is 0 Å². The first-order chi connectivity index (χ1) is 12.5. The van der Waals surface area contributed by atoms with Crippen molar-refractivity contribution in [3.63, 3.8) is 0 Å². The zero-order valence-electron chi connectivity index (χ0n) is 17.0. The van der Waals surface area contributed by atoms with Gasteiger partial charge < -0.3 is 9.80 Å². The number of carbonyl (C=O) groups excluding carboxylic acids is 2. The molecule has 2 amide bonds. The van der Waals surface area contributed by atoms with Gasteiger partial charge in [0.2, 0.25) is 11.8 Å². The summed E-state index contributed by atoms with van der Waals surface area (Å²) in [6.07, 6.45) is 8.03. The highest BCUT2D eigenvalue weighted by molar-refractivity contribution is 5.84. The van der Waals surface area contributed by atoms with Gasteiger partial charge in [0.15, 0.2) is 0 Å². The van der Waals surface area contributed by atoms with Crippen LogP contribution in [0.25, 0.3) is 0 Å². The summed E-state index contributed by atoms with van der Waals surface area (Å²) in [5.41, 5.74) is 0. The molecule has 0 aromatic rings. The molecular weight excluding hydrogens is 326 g/mol. The summed E-state index contributed by atoms with van der Waals surface area (Å²) in [7, 11) is 0. The summed E-state index contributed by atoms with van der Waals surface area (Å²) < 4.78 is 0. The number of carbonyl (C=O) groups is 2. The largest absolute Gasteiger partial charge is 0.340 e. The maximum atomic E-state index is 13.2. The van der Waals surface area contributed by atoms with Crippen LogP contribution >= 0.6 is 0 Å². The second-order valence-electron chi connectivity index (χ2n) is 8.98. The molecule has 5 nitrogen and oxygen atoms in total. The smallest absolute Gasteiger partial charge is 0.227 e. The minimum atomic E-state index is -0.0207. The lowest BCUT2D eigenvalue weighted by Gasteiger charge is -2.44. The topological polar surface area (TPSA) is 43.9 Å². The minimum Gasteiger partial charge on any atom is -0.340 e. The first-order valence-corrected chi connectivity index (χ1v) is 10.8. The van der Waals surface area contributed by atoms with Gasteiger partial charge in [-0.1, -0.05) is 33.1 Å². The van der Waals surface area contributed by atoms with Crippen LogP contribution in [0, 0.1) is 11.8 Å². The summed E-state index contributed by atoms with van der Waals surface area (Å²) in [5.74, 6) is 0.918. The molecule has 0 bridgehead atoms. The van der Waals surface area contributed by atoms with E-state index in [0.717, 1.165) is 45.2 Å². The Morgan fingerprint density at radius 3 is 2.31 bits per heavy atom. The van der Waals surface area contributed by atoms with Crippen LogP contribution in [0.1, 0.15) is 65.7 Å². The Kier molecular flexibility index (Phi) is 6.60. The molecule has 2 heterocycles. The van der Waals surface area contributed by atoms with Crippen molar-refractivity contribution in [1.82, 2.24) is 14.7 Å². The third-order valence-corrected chi connectivity index (χ3v) is 6.66. The van der Waals surface area contributed by atoms with Crippen LogP contribution in [0.4, 0.5) is 0 Å². The van der Waals surface area contributed by atoms with Crippen LogP contribution in [0.15, 0.2) is 0 Å². The number of nitrogens with zero attached hydrogens (tertiary/aromatic N) is 3. The molecule has 3 rings (SSSR count). The highest BCUT2D eigenvalue weighted by atomic mass is 16.2. The molecule has 5 heteroatoms. The Morgan fingerprint density at radius 1 is 1.04 bits per heavy atom. The van der Waals surface area contributed by atoms with E-state index in [-0.39, 0.29) is 23.8 Å². The average molecular weight is 364 g/mol. The van der Waals surface area contributed by atoms with E-state index in [1.165, 1.54) is 32.1 Å². The lowest BCUT2D eigenvalue weighted by atomic mass is 9.87. The molecule has 0 aromatic heterocycles. The van der Waals surface area contributed by atoms with Crippen LogP contribution in [0.5, 0.6) is 0 Å². The Balaban J connectivity index is 1.55. The predicted octanol–water partition coefficient (Wildman–Crippen LogP) is 2.75. The van der Waals surface area contributed by atoms with Gasteiger partial charge in [-0.15, -0.1) is 0 Å². The SMILES string of the molecule is CC(C)CN1C(=O)CC[C@@H](C(=O)N2CCN(C3CCCCC3)CC2)[C@H]1C. The number of amides is 2. The quantitative estimate of drug-likeness (QED) is 0.771. The fourth-order valence-corrected chi connectivity index (χ4v) is 5.09. The van der Waals surface area contributed by atoms with Gasteiger partial charge in [-0.25, -0.2) is 0 Å². The van der Waals surface area contributed by atoms with Crippen molar-refractivity contribution in [2.75, 3.05) is 32.7 Å². The average Bonchev–Trinajstić information content (AvgIpc) is 2.65. The molecule has 1 aliphatic carbocycles. The van der Waals surface area contributed by atoms with E-state index in [1.54, 1.807) is 0 Å². The summed E-state index contributed by atoms with van der Waals surface area (Å²) in [5, 5.41) is 0. The molecule has 0 N–H and O–H groups in total. The lowest BCUT2D eigenvalue weighted by molar-refractivity contribution is -0.148. The second kappa shape index (κ2) is 8.73. The fraction of sp³-hybridized carbons (Fsp3) is 0.905. The van der Waals surface area contributed by atoms with Crippen molar-refractivity contribution < 1.29 is 9.59 Å². The number of hydrogen-bond acceptors (Lipinski definition) is 3. The first-order valence-electron chi connectivity index (χ1n) is 10.8. The maximum absolute atomic E-state index is 13.2. The second-order valence-corrected chi connectivity index (χ2v) is 8.98. The summed E-state index contributed by atoms with van der Waals surface area (Å²) in [6.45, 7) is 10.9. The molecule has 0 aromatic carbocycles. The summed E-state index contributed by atoms with van der Waals surface area (Å²) in [4.78, 5) is 32.1. The van der Waals surface area contributed by atoms with Crippen LogP contribution < -0.4 is 0 Å². The molecule has 3 fully saturated rings. The van der Waals surface area contributed by atoms with Crippen LogP contribution in [-0.4, -0.2) is 71.3 Å². The van der Waals surface area contributed by atoms with Crippen molar-refractivity contribution in [3.05, 3.63) is 0 Å². The van der Waals surface area contributed by atoms with Gasteiger partial charge in [-0.3, -0.25) is 14.5 Å². The van der Waals surface area contributed by atoms with E-state index in [1.807, 2.05) is 4.90 Å². The van der Waals surface area contributed by atoms with E-state index in [9.17, 15) is 9.59 Å². The molecular formula is C21H37N3O2. The zero-order chi connectivity index (χ0) is 18.7. The molecule has 2 atom stereocenters. The number of rotatable bonds is 4. The fourth-order valence-electron chi connectivity index (χ4n) is 5.09. The molecule has 3 aliphatic rings. The van der Waals surface area contributed by atoms with Crippen LogP contribution in [0.3, 0.4) is 0 Å². The molecule has 0 radical (unpaired) electrons. The zero-order valence-corrected chi connectivity index (χ0v) is 17.0. The third kappa shape index (κ3) is 4.41. The van der Waals surface area contributed by atoms with Gasteiger partial charge in [-0.05, 0) is 32.1 Å². The molecule has 2 aliphatic heterocycles. The number of hydrogen-bond donors (Lipinski definition) is 0. The minimum absolute atomic E-state index is 0.0207. The van der Waals surface area contributed by atoms with Crippen LogP contribution in [-0.2, 0) is 9.59 Å². The normalized spacial score (nSPS) is 29.5. The van der Waals surface area contributed by atoms with Crippen LogP contribution in [0.2, 0.25) is 0 Å². The van der Waals surface area contributed by atoms with Crippen molar-refractivity contribution >= 4 is 11.8 Å². The van der Waals surface area contributed by atoms with Crippen molar-refractivity contribution in [3.8, 4) is 0 Å². The van der Waals surface area contributed by atoms with Crippen molar-refractivity contribution in [1.29, 1.82) is 0 Å². The van der Waals surface area contributed by atoms with E-state index in [0.29, 0.717) is 12.3 Å². The highest BCUT2D eigenvalue weighted by Crippen LogP contribution is 2.28. The number of likely N-dealkylation sites (tertiary alicyclic amines) is 1. The lowest BCUT2D eigenvalue weighted by Crippen LogP contribution is -2.57. The monoisotopic (exact) mass is 363 g/mol. The molecule has 0 spiro atoms. The Bertz CT molecular complexity index is 493. The molecule has 0 unspecified atom stereocenters. The summed E-state index contributed by atoms with van der Waals surface area (Å²) >= 11 is 0. The first kappa shape index (κ1) is 19.7. The Labute approximate surface area is 159 Å². The van der Waals surface area contributed by atoms with Crippen molar-refractivity contribution in [2.45, 2.75) is 77.8 Å². The van der Waals surface area contributed by atoms with E-state index in [2.05, 4.69) is 30.6 Å². The van der Waals surface area contributed by atoms with E-state index >= 15 is 0 Å². The third-order valence-electron chi connectivity index (χ3n) is 6.66. The van der Waals surface area contributed by atoms with Gasteiger partial charge in [0.05, 0.1) is 5.92 Å². The molecule has 2 saturated heterocycles. The molecule has 148 valence electrons. The van der Waals surface area contributed by atoms with E-state index < -0.39 is 0 Å². The van der Waals surface area contributed by atoms with Gasteiger partial charge in [-0.2, -0.15) is 0 Å². The number of piperazine rings is 1. The Morgan fingerprint density at radius 2 is 1.69 bits per heavy atom. The van der Waals surface area contributed by atoms with Crippen molar-refractivity contribution in [2.24, 2.45) is 11.8 Å². The van der Waals surface area contributed by atoms with Gasteiger partial charge >= 0.3 is 0 Å². The molecule has 1 saturated carbocycles. The van der Waals surface area contributed by atoms with Gasteiger partial charge in [0, 0.05) is 51.2 Å². The summed E-state index contributed by atoms with van der Waals surface area (Å²) in [6, 6.07) is 0.774. The molecule has 26 heavy (non-hydrogen) atoms. The standard InChI is InChI=1S/C21H37N3O2/c1-16(2)15-24-17(3)19(9-10-20(24)25)21(26)23-13-11-22(12-14-23)18-7-5-4-6-8-18/h16-19H,4-15H2,1-3H3/t17-,19-/m1/s1. The number of piperidine rings is 1. The van der Waals surface area contributed by atoms with E-state index in [4.69, 9.17) is 0 Å². The maximum Gasteiger partial charge on any atom is 0.227 e. The predicted molar refractivity (Wildman–Crippen MR) is 104 cm³/mol. The Hall–Kier alpha value is -1.10.